The fraction of sp³-hybridized carbons (Fsp3) is 0. The summed E-state index contributed by atoms with van der Waals surface area (Å²) in [6.45, 7) is 0. The lowest BCUT2D eigenvalue weighted by Crippen LogP contribution is -1.98. The molecule has 0 aliphatic carbocycles. The maximum atomic E-state index is 12.6. The van der Waals surface area contributed by atoms with Crippen LogP contribution in [-0.4, -0.2) is 10.0 Å². The Labute approximate surface area is 66.4 Å². The van der Waals surface area contributed by atoms with Crippen LogP contribution in [-0.2, 0) is 0 Å². The van der Waals surface area contributed by atoms with Crippen LogP contribution in [0.3, 0.4) is 0 Å². The van der Waals surface area contributed by atoms with Crippen molar-refractivity contribution in [2.45, 2.75) is 0 Å². The first-order valence-electron chi connectivity index (χ1n) is 2.95. The summed E-state index contributed by atoms with van der Waals surface area (Å²) in [4.78, 5) is 9.19. The molecule has 0 saturated heterocycles. The van der Waals surface area contributed by atoms with Crippen LogP contribution in [0.15, 0.2) is 12.1 Å². The fourth-order valence-electron chi connectivity index (χ4n) is 0.756. The van der Waals surface area contributed by atoms with Crippen molar-refractivity contribution < 1.29 is 14.4 Å². The molecule has 6 heteroatoms. The molecule has 1 rings (SSSR count). The number of nitro benzene ring substituents is 1. The number of halogens is 1. The van der Waals surface area contributed by atoms with E-state index in [0.29, 0.717) is 0 Å². The van der Waals surface area contributed by atoms with Crippen LogP contribution in [0.2, 0.25) is 0 Å². The van der Waals surface area contributed by atoms with E-state index in [4.69, 9.17) is 10.8 Å². The van der Waals surface area contributed by atoms with E-state index in [0.717, 1.165) is 12.1 Å². The fourth-order valence-corrected chi connectivity index (χ4v) is 0.756. The summed E-state index contributed by atoms with van der Waals surface area (Å²) in [7, 11) is 0. The standard InChI is InChI=1S/C6H5FN2O3/c7-3-1-2-4(10)5(8)6(3)9(11)12/h1-2,10H,8H2. The van der Waals surface area contributed by atoms with Crippen LogP contribution >= 0.6 is 0 Å². The molecule has 0 bridgehead atoms. The van der Waals surface area contributed by atoms with Gasteiger partial charge in [0.15, 0.2) is 5.69 Å². The summed E-state index contributed by atoms with van der Waals surface area (Å²) >= 11 is 0. The predicted molar refractivity (Wildman–Crippen MR) is 39.1 cm³/mol. The third-order valence-corrected chi connectivity index (χ3v) is 1.33. The van der Waals surface area contributed by atoms with Gasteiger partial charge in [0, 0.05) is 0 Å². The zero-order valence-corrected chi connectivity index (χ0v) is 5.82. The maximum Gasteiger partial charge on any atom is 0.331 e. The van der Waals surface area contributed by atoms with E-state index in [1.807, 2.05) is 0 Å². The molecule has 0 unspecified atom stereocenters. The molecule has 3 N–H and O–H groups in total. The zero-order valence-electron chi connectivity index (χ0n) is 5.82. The monoisotopic (exact) mass is 172 g/mol. The Morgan fingerprint density at radius 1 is 1.58 bits per heavy atom. The van der Waals surface area contributed by atoms with Crippen LogP contribution in [0.25, 0.3) is 0 Å². The van der Waals surface area contributed by atoms with Gasteiger partial charge in [0.2, 0.25) is 5.82 Å². The first kappa shape index (κ1) is 8.25. The van der Waals surface area contributed by atoms with Gasteiger partial charge >= 0.3 is 5.69 Å². The molecule has 1 aromatic carbocycles. The molecule has 0 saturated carbocycles. The normalized spacial score (nSPS) is 9.75. The molecule has 0 amide bonds. The van der Waals surface area contributed by atoms with E-state index >= 15 is 0 Å². The lowest BCUT2D eigenvalue weighted by atomic mass is 10.2. The number of nitrogen functional groups attached to an aromatic ring is 1. The number of hydrogen-bond acceptors (Lipinski definition) is 4. The SMILES string of the molecule is Nc1c(O)ccc(F)c1[N+](=O)[O-]. The summed E-state index contributed by atoms with van der Waals surface area (Å²) < 4.78 is 12.6. The quantitative estimate of drug-likeness (QED) is 0.286. The first-order valence-corrected chi connectivity index (χ1v) is 2.95. The largest absolute Gasteiger partial charge is 0.506 e. The van der Waals surface area contributed by atoms with Gasteiger partial charge in [-0.25, -0.2) is 0 Å². The minimum Gasteiger partial charge on any atom is -0.506 e. The van der Waals surface area contributed by atoms with Crippen molar-refractivity contribution in [1.82, 2.24) is 0 Å². The molecule has 0 radical (unpaired) electrons. The number of phenolic OH excluding ortho intramolecular Hbond substituents is 1. The third-order valence-electron chi connectivity index (χ3n) is 1.33. The molecule has 0 aliphatic heterocycles. The van der Waals surface area contributed by atoms with Crippen LogP contribution < -0.4 is 5.73 Å². The molecule has 0 aromatic heterocycles. The van der Waals surface area contributed by atoms with Crippen LogP contribution in [0.5, 0.6) is 5.75 Å². The number of hydrogen-bond donors (Lipinski definition) is 2. The number of nitrogens with two attached hydrogens (primary N) is 1. The molecule has 0 spiro atoms. The number of aromatic hydroxyl groups is 1. The Morgan fingerprint density at radius 3 is 2.58 bits per heavy atom. The molecular weight excluding hydrogens is 167 g/mol. The van der Waals surface area contributed by atoms with Gasteiger partial charge in [-0.3, -0.25) is 10.1 Å². The highest BCUT2D eigenvalue weighted by molar-refractivity contribution is 5.66. The minimum absolute atomic E-state index is 0.497. The highest BCUT2D eigenvalue weighted by atomic mass is 19.1. The first-order chi connectivity index (χ1) is 5.54. The Hall–Kier alpha value is -1.85. The second-order valence-electron chi connectivity index (χ2n) is 2.09. The van der Waals surface area contributed by atoms with E-state index in [9.17, 15) is 14.5 Å². The summed E-state index contributed by atoms with van der Waals surface area (Å²) in [5.74, 6) is -1.56. The molecule has 0 fully saturated rings. The number of anilines is 1. The lowest BCUT2D eigenvalue weighted by Gasteiger charge is -1.99. The predicted octanol–water partition coefficient (Wildman–Crippen LogP) is 1.02. The van der Waals surface area contributed by atoms with Gasteiger partial charge in [0.25, 0.3) is 0 Å². The van der Waals surface area contributed by atoms with Gasteiger partial charge in [-0.15, -0.1) is 0 Å². The molecule has 1 aromatic rings. The van der Waals surface area contributed by atoms with Gasteiger partial charge in [-0.2, -0.15) is 4.39 Å². The molecule has 64 valence electrons. The summed E-state index contributed by atoms with van der Waals surface area (Å²) in [5.41, 5.74) is 3.60. The van der Waals surface area contributed by atoms with Gasteiger partial charge in [-0.05, 0) is 12.1 Å². The van der Waals surface area contributed by atoms with E-state index in [-0.39, 0.29) is 0 Å². The van der Waals surface area contributed by atoms with Crippen molar-refractivity contribution in [3.63, 3.8) is 0 Å². The summed E-state index contributed by atoms with van der Waals surface area (Å²) in [5, 5.41) is 19.0. The van der Waals surface area contributed by atoms with Crippen LogP contribution in [0.4, 0.5) is 15.8 Å². The lowest BCUT2D eigenvalue weighted by molar-refractivity contribution is -0.386. The van der Waals surface area contributed by atoms with Gasteiger partial charge < -0.3 is 10.8 Å². The van der Waals surface area contributed by atoms with E-state index in [1.54, 1.807) is 0 Å². The van der Waals surface area contributed by atoms with E-state index in [2.05, 4.69) is 0 Å². The topological polar surface area (TPSA) is 89.4 Å². The maximum absolute atomic E-state index is 12.6. The molecule has 5 nitrogen and oxygen atoms in total. The van der Waals surface area contributed by atoms with E-state index < -0.39 is 27.9 Å². The Kier molecular flexibility index (Phi) is 1.82. The molecule has 0 aliphatic rings. The van der Waals surface area contributed by atoms with Crippen LogP contribution in [0.1, 0.15) is 0 Å². The number of nitrogens with zero attached hydrogens (tertiary/aromatic N) is 1. The van der Waals surface area contributed by atoms with Crippen molar-refractivity contribution in [2.24, 2.45) is 0 Å². The van der Waals surface area contributed by atoms with Gasteiger partial charge in [0.1, 0.15) is 5.75 Å². The second-order valence-corrected chi connectivity index (χ2v) is 2.09. The van der Waals surface area contributed by atoms with Crippen molar-refractivity contribution in [3.05, 3.63) is 28.1 Å². The van der Waals surface area contributed by atoms with Crippen molar-refractivity contribution in [2.75, 3.05) is 5.73 Å². The highest BCUT2D eigenvalue weighted by Gasteiger charge is 2.20. The van der Waals surface area contributed by atoms with Crippen molar-refractivity contribution in [1.29, 1.82) is 0 Å². The van der Waals surface area contributed by atoms with Gasteiger partial charge in [-0.1, -0.05) is 0 Å². The Morgan fingerprint density at radius 2 is 2.17 bits per heavy atom. The van der Waals surface area contributed by atoms with Gasteiger partial charge in [0.05, 0.1) is 4.92 Å². The number of phenols is 1. The van der Waals surface area contributed by atoms with Crippen molar-refractivity contribution >= 4 is 11.4 Å². The summed E-state index contributed by atoms with van der Waals surface area (Å²) in [6, 6.07) is 1.74. The number of rotatable bonds is 1. The Bertz CT molecular complexity index is 340. The summed E-state index contributed by atoms with van der Waals surface area (Å²) in [6.07, 6.45) is 0. The number of nitro groups is 1. The average molecular weight is 172 g/mol. The molecule has 0 heterocycles. The van der Waals surface area contributed by atoms with Crippen molar-refractivity contribution in [3.8, 4) is 5.75 Å². The molecule has 0 atom stereocenters. The molecular formula is C6H5FN2O3. The average Bonchev–Trinajstić information content (AvgIpc) is 1.97. The zero-order chi connectivity index (χ0) is 9.30. The second kappa shape index (κ2) is 2.65. The van der Waals surface area contributed by atoms with Crippen LogP contribution in [0, 0.1) is 15.9 Å². The highest BCUT2D eigenvalue weighted by Crippen LogP contribution is 2.32. The Balaban J connectivity index is 3.43. The third kappa shape index (κ3) is 1.14. The number of benzene rings is 1. The smallest absolute Gasteiger partial charge is 0.331 e. The minimum atomic E-state index is -1.06. The molecule has 12 heavy (non-hydrogen) atoms. The van der Waals surface area contributed by atoms with E-state index in [1.165, 1.54) is 0 Å².